The van der Waals surface area contributed by atoms with Crippen LogP contribution in [0.2, 0.25) is 5.15 Å². The Morgan fingerprint density at radius 1 is 1.35 bits per heavy atom. The van der Waals surface area contributed by atoms with Gasteiger partial charge in [-0.2, -0.15) is 0 Å². The van der Waals surface area contributed by atoms with Gasteiger partial charge in [0, 0.05) is 24.3 Å². The van der Waals surface area contributed by atoms with Gasteiger partial charge in [0.2, 0.25) is 0 Å². The van der Waals surface area contributed by atoms with Crippen LogP contribution in [0.1, 0.15) is 28.9 Å². The van der Waals surface area contributed by atoms with Crippen LogP contribution in [0.4, 0.5) is 0 Å². The lowest BCUT2D eigenvalue weighted by Crippen LogP contribution is -2.40. The van der Waals surface area contributed by atoms with Crippen molar-refractivity contribution < 1.29 is 14.3 Å². The zero-order valence-corrected chi connectivity index (χ0v) is 12.3. The van der Waals surface area contributed by atoms with E-state index in [4.69, 9.17) is 16.3 Å². The van der Waals surface area contributed by atoms with Crippen LogP contribution >= 0.6 is 11.6 Å². The molecule has 6 heteroatoms. The van der Waals surface area contributed by atoms with Crippen LogP contribution in [0.5, 0.6) is 0 Å². The molecule has 108 valence electrons. The number of esters is 1. The number of halogens is 1. The second-order valence-electron chi connectivity index (χ2n) is 4.91. The Hall–Kier alpha value is -1.62. The lowest BCUT2D eigenvalue weighted by atomic mass is 9.96. The number of hydrogen-bond acceptors (Lipinski definition) is 4. The number of methoxy groups -OCH3 is 1. The number of carbonyl (C=O) groups excluding carboxylic acids is 2. The lowest BCUT2D eigenvalue weighted by molar-refractivity contribution is -0.146. The highest BCUT2D eigenvalue weighted by atomic mass is 35.5. The summed E-state index contributed by atoms with van der Waals surface area (Å²) in [6.45, 7) is 2.90. The monoisotopic (exact) mass is 296 g/mol. The van der Waals surface area contributed by atoms with Gasteiger partial charge in [-0.1, -0.05) is 11.6 Å². The van der Waals surface area contributed by atoms with Gasteiger partial charge in [-0.25, -0.2) is 4.98 Å². The fourth-order valence-electron chi connectivity index (χ4n) is 2.42. The molecule has 1 aromatic heterocycles. The Bertz CT molecular complexity index is 505. The molecule has 5 nitrogen and oxygen atoms in total. The van der Waals surface area contributed by atoms with Crippen LogP contribution < -0.4 is 0 Å². The van der Waals surface area contributed by atoms with Crippen molar-refractivity contribution in [1.82, 2.24) is 9.88 Å². The molecule has 0 radical (unpaired) electrons. The van der Waals surface area contributed by atoms with Crippen molar-refractivity contribution in [2.24, 2.45) is 5.92 Å². The largest absolute Gasteiger partial charge is 0.469 e. The standard InChI is InChI=1S/C14H17ClN2O3/c1-9-7-11(8-12(15)16-9)13(18)17-5-3-10(4-6-17)14(19)20-2/h7-8,10H,3-6H2,1-2H3. The van der Waals surface area contributed by atoms with Crippen LogP contribution in [0.3, 0.4) is 0 Å². The highest BCUT2D eigenvalue weighted by Gasteiger charge is 2.28. The third-order valence-corrected chi connectivity index (χ3v) is 3.68. The van der Waals surface area contributed by atoms with Crippen LogP contribution in [0, 0.1) is 12.8 Å². The number of amides is 1. The maximum absolute atomic E-state index is 12.4. The summed E-state index contributed by atoms with van der Waals surface area (Å²) in [5.74, 6) is -0.368. The van der Waals surface area contributed by atoms with Crippen LogP contribution in [-0.2, 0) is 9.53 Å². The summed E-state index contributed by atoms with van der Waals surface area (Å²) in [4.78, 5) is 29.6. The minimum Gasteiger partial charge on any atom is -0.469 e. The van der Waals surface area contributed by atoms with Gasteiger partial charge in [-0.3, -0.25) is 9.59 Å². The van der Waals surface area contributed by atoms with Gasteiger partial charge in [0.1, 0.15) is 5.15 Å². The molecule has 0 saturated carbocycles. The molecule has 1 aliphatic rings. The molecule has 0 unspecified atom stereocenters. The fourth-order valence-corrected chi connectivity index (χ4v) is 2.67. The predicted molar refractivity (Wildman–Crippen MR) is 74.6 cm³/mol. The van der Waals surface area contributed by atoms with Gasteiger partial charge >= 0.3 is 5.97 Å². The van der Waals surface area contributed by atoms with Crippen LogP contribution in [-0.4, -0.2) is 42.0 Å². The number of ether oxygens (including phenoxy) is 1. The van der Waals surface area contributed by atoms with E-state index in [2.05, 4.69) is 4.98 Å². The third-order valence-electron chi connectivity index (χ3n) is 3.49. The second-order valence-corrected chi connectivity index (χ2v) is 5.30. The summed E-state index contributed by atoms with van der Waals surface area (Å²) in [6.07, 6.45) is 1.27. The molecule has 2 rings (SSSR count). The number of rotatable bonds is 2. The summed E-state index contributed by atoms with van der Waals surface area (Å²) < 4.78 is 4.73. The maximum Gasteiger partial charge on any atom is 0.308 e. The topological polar surface area (TPSA) is 59.5 Å². The molecule has 1 aromatic rings. The SMILES string of the molecule is COC(=O)C1CCN(C(=O)c2cc(C)nc(Cl)c2)CC1. The molecule has 0 aliphatic carbocycles. The van der Waals surface area contributed by atoms with E-state index in [0.717, 1.165) is 0 Å². The summed E-state index contributed by atoms with van der Waals surface area (Å²) in [5, 5.41) is 0.317. The van der Waals surface area contributed by atoms with Gasteiger partial charge in [-0.15, -0.1) is 0 Å². The molecule has 0 spiro atoms. The highest BCUT2D eigenvalue weighted by Crippen LogP contribution is 2.21. The minimum absolute atomic E-state index is 0.0688. The molecular weight excluding hydrogens is 280 g/mol. The smallest absolute Gasteiger partial charge is 0.308 e. The van der Waals surface area contributed by atoms with E-state index in [1.165, 1.54) is 7.11 Å². The second kappa shape index (κ2) is 6.22. The predicted octanol–water partition coefficient (Wildman–Crippen LogP) is 2.07. The number of nitrogens with zero attached hydrogens (tertiary/aromatic N) is 2. The molecule has 1 saturated heterocycles. The number of piperidine rings is 1. The normalized spacial score (nSPS) is 16.1. The molecule has 1 fully saturated rings. The van der Waals surface area contributed by atoms with E-state index in [-0.39, 0.29) is 17.8 Å². The van der Waals surface area contributed by atoms with Crippen molar-refractivity contribution in [3.05, 3.63) is 28.5 Å². The average molecular weight is 297 g/mol. The number of aryl methyl sites for hydroxylation is 1. The summed E-state index contributed by atoms with van der Waals surface area (Å²) >= 11 is 5.87. The van der Waals surface area contributed by atoms with Crippen LogP contribution in [0.25, 0.3) is 0 Å². The summed E-state index contributed by atoms with van der Waals surface area (Å²) in [6, 6.07) is 3.30. The number of pyridine rings is 1. The van der Waals surface area contributed by atoms with Gasteiger partial charge in [-0.05, 0) is 31.9 Å². The van der Waals surface area contributed by atoms with Crippen molar-refractivity contribution in [2.45, 2.75) is 19.8 Å². The number of carbonyl (C=O) groups is 2. The van der Waals surface area contributed by atoms with E-state index in [9.17, 15) is 9.59 Å². The number of hydrogen-bond donors (Lipinski definition) is 0. The van der Waals surface area contributed by atoms with E-state index in [1.807, 2.05) is 0 Å². The molecule has 0 aromatic carbocycles. The lowest BCUT2D eigenvalue weighted by Gasteiger charge is -2.30. The van der Waals surface area contributed by atoms with Crippen LogP contribution in [0.15, 0.2) is 12.1 Å². The average Bonchev–Trinajstić information content (AvgIpc) is 2.45. The zero-order chi connectivity index (χ0) is 14.7. The van der Waals surface area contributed by atoms with Crippen molar-refractivity contribution in [3.63, 3.8) is 0 Å². The Kier molecular flexibility index (Phi) is 4.60. The van der Waals surface area contributed by atoms with Crippen molar-refractivity contribution >= 4 is 23.5 Å². The van der Waals surface area contributed by atoms with E-state index < -0.39 is 0 Å². The first kappa shape index (κ1) is 14.8. The Morgan fingerprint density at radius 3 is 2.55 bits per heavy atom. The molecule has 2 heterocycles. The first-order valence-corrected chi connectivity index (χ1v) is 6.90. The molecule has 0 bridgehead atoms. The minimum atomic E-state index is -0.195. The van der Waals surface area contributed by atoms with Gasteiger partial charge < -0.3 is 9.64 Å². The first-order valence-electron chi connectivity index (χ1n) is 6.52. The van der Waals surface area contributed by atoms with Crippen molar-refractivity contribution in [1.29, 1.82) is 0 Å². The molecule has 1 aliphatic heterocycles. The Balaban J connectivity index is 2.03. The fraction of sp³-hybridized carbons (Fsp3) is 0.500. The first-order chi connectivity index (χ1) is 9.51. The van der Waals surface area contributed by atoms with E-state index in [1.54, 1.807) is 24.0 Å². The van der Waals surface area contributed by atoms with Crippen molar-refractivity contribution in [2.75, 3.05) is 20.2 Å². The summed E-state index contributed by atoms with van der Waals surface area (Å²) in [7, 11) is 1.39. The molecule has 0 atom stereocenters. The molecular formula is C14H17ClN2O3. The van der Waals surface area contributed by atoms with E-state index in [0.29, 0.717) is 42.3 Å². The van der Waals surface area contributed by atoms with Gasteiger partial charge in [0.25, 0.3) is 5.91 Å². The molecule has 1 amide bonds. The van der Waals surface area contributed by atoms with Gasteiger partial charge in [0.05, 0.1) is 13.0 Å². The number of aromatic nitrogens is 1. The number of likely N-dealkylation sites (tertiary alicyclic amines) is 1. The third kappa shape index (κ3) is 3.28. The van der Waals surface area contributed by atoms with Gasteiger partial charge in [0.15, 0.2) is 0 Å². The van der Waals surface area contributed by atoms with E-state index >= 15 is 0 Å². The zero-order valence-electron chi connectivity index (χ0n) is 11.6. The highest BCUT2D eigenvalue weighted by molar-refractivity contribution is 6.29. The quantitative estimate of drug-likeness (QED) is 0.619. The van der Waals surface area contributed by atoms with Crippen molar-refractivity contribution in [3.8, 4) is 0 Å². The Labute approximate surface area is 122 Å². The molecule has 20 heavy (non-hydrogen) atoms. The summed E-state index contributed by atoms with van der Waals surface area (Å²) in [5.41, 5.74) is 1.25. The maximum atomic E-state index is 12.4. The Morgan fingerprint density at radius 2 is 2.00 bits per heavy atom. The molecule has 0 N–H and O–H groups in total.